The molecule has 30 heavy (non-hydrogen) atoms. The molecule has 0 radical (unpaired) electrons. The second kappa shape index (κ2) is 10.9. The number of aliphatic imine (C=N–C) groups is 1. The van der Waals surface area contributed by atoms with E-state index in [4.69, 9.17) is 0 Å². The number of alkyl halides is 3. The van der Waals surface area contributed by atoms with E-state index in [0.29, 0.717) is 25.1 Å². The lowest BCUT2D eigenvalue weighted by molar-refractivity contribution is -0.138. The molecule has 0 atom stereocenters. The van der Waals surface area contributed by atoms with Crippen molar-refractivity contribution in [2.45, 2.75) is 58.4 Å². The summed E-state index contributed by atoms with van der Waals surface area (Å²) in [5.41, 5.74) is -1.10. The van der Waals surface area contributed by atoms with Crippen molar-refractivity contribution in [3.8, 4) is 0 Å². The number of aryl methyl sites for hydroxylation is 1. The Balaban J connectivity index is 0.00000320. The van der Waals surface area contributed by atoms with Gasteiger partial charge in [0.25, 0.3) is 0 Å². The number of fused-ring (bicyclic) bond motifs is 1. The molecule has 166 valence electrons. The third-order valence-corrected chi connectivity index (χ3v) is 4.73. The van der Waals surface area contributed by atoms with E-state index in [9.17, 15) is 17.6 Å². The van der Waals surface area contributed by atoms with Crippen LogP contribution in [0, 0.1) is 5.82 Å². The topological polar surface area (TPSA) is 67.1 Å². The molecule has 2 aromatic rings. The number of aromatic nitrogens is 3. The van der Waals surface area contributed by atoms with Crippen LogP contribution in [-0.2, 0) is 32.2 Å². The first-order valence-corrected chi connectivity index (χ1v) is 9.67. The fourth-order valence-electron chi connectivity index (χ4n) is 3.30. The smallest absolute Gasteiger partial charge is 0.357 e. The van der Waals surface area contributed by atoms with Crippen LogP contribution in [0.5, 0.6) is 0 Å². The van der Waals surface area contributed by atoms with Crippen LogP contribution < -0.4 is 10.6 Å². The third kappa shape index (κ3) is 6.29. The van der Waals surface area contributed by atoms with Gasteiger partial charge in [0.05, 0.1) is 18.7 Å². The fraction of sp³-hybridized carbons (Fsp3) is 0.526. The Morgan fingerprint density at radius 1 is 1.17 bits per heavy atom. The van der Waals surface area contributed by atoms with Crippen LogP contribution in [-0.4, -0.2) is 27.3 Å². The lowest BCUT2D eigenvalue weighted by Crippen LogP contribution is -2.37. The summed E-state index contributed by atoms with van der Waals surface area (Å²) in [6.07, 6.45) is -0.435. The van der Waals surface area contributed by atoms with Crippen molar-refractivity contribution in [3.05, 3.63) is 46.8 Å². The van der Waals surface area contributed by atoms with Crippen molar-refractivity contribution in [3.63, 3.8) is 0 Å². The SMILES string of the molecule is CCNC(=NCc1ccc(F)cc1C(F)(F)F)NCc1nnc2n1CCCCC2.I. The van der Waals surface area contributed by atoms with E-state index in [1.807, 2.05) is 6.92 Å². The molecule has 0 fully saturated rings. The first kappa shape index (κ1) is 24.4. The number of nitrogens with one attached hydrogen (secondary N) is 2. The Kier molecular flexibility index (Phi) is 8.86. The van der Waals surface area contributed by atoms with Crippen molar-refractivity contribution in [2.24, 2.45) is 4.99 Å². The average molecular weight is 540 g/mol. The van der Waals surface area contributed by atoms with Gasteiger partial charge in [0.1, 0.15) is 11.6 Å². The Bertz CT molecular complexity index is 865. The Morgan fingerprint density at radius 2 is 1.97 bits per heavy atom. The van der Waals surface area contributed by atoms with E-state index >= 15 is 0 Å². The normalized spacial score (nSPS) is 14.5. The molecule has 0 spiro atoms. The summed E-state index contributed by atoms with van der Waals surface area (Å²) in [6, 6.07) is 2.62. The van der Waals surface area contributed by atoms with Crippen molar-refractivity contribution in [1.29, 1.82) is 0 Å². The predicted molar refractivity (Wildman–Crippen MR) is 116 cm³/mol. The van der Waals surface area contributed by atoms with Crippen molar-refractivity contribution in [2.75, 3.05) is 6.54 Å². The summed E-state index contributed by atoms with van der Waals surface area (Å²) < 4.78 is 54.8. The van der Waals surface area contributed by atoms with Gasteiger partial charge in [0.15, 0.2) is 11.8 Å². The van der Waals surface area contributed by atoms with Crippen LogP contribution in [0.25, 0.3) is 0 Å². The maximum absolute atomic E-state index is 13.3. The fourth-order valence-corrected chi connectivity index (χ4v) is 3.30. The standard InChI is InChI=1S/C19H24F4N6.HI/c1-2-24-18(25-11-13-7-8-14(20)10-15(13)19(21,22)23)26-12-17-28-27-16-6-4-3-5-9-29(16)17;/h7-8,10H,2-6,9,11-12H2,1H3,(H2,24,25,26);1H. The van der Waals surface area contributed by atoms with Gasteiger partial charge in [-0.25, -0.2) is 9.38 Å². The average Bonchev–Trinajstić information content (AvgIpc) is 2.90. The highest BCUT2D eigenvalue weighted by Gasteiger charge is 2.33. The van der Waals surface area contributed by atoms with Crippen LogP contribution in [0.15, 0.2) is 23.2 Å². The summed E-state index contributed by atoms with van der Waals surface area (Å²) in [4.78, 5) is 4.23. The van der Waals surface area contributed by atoms with E-state index < -0.39 is 17.6 Å². The van der Waals surface area contributed by atoms with Gasteiger partial charge in [-0.15, -0.1) is 34.2 Å². The highest BCUT2D eigenvalue weighted by molar-refractivity contribution is 14.0. The highest BCUT2D eigenvalue weighted by atomic mass is 127. The number of rotatable bonds is 5. The molecule has 0 bridgehead atoms. The molecule has 0 amide bonds. The molecule has 1 aromatic heterocycles. The maximum atomic E-state index is 13.3. The minimum absolute atomic E-state index is 0. The first-order valence-electron chi connectivity index (χ1n) is 9.67. The van der Waals surface area contributed by atoms with E-state index in [2.05, 4.69) is 30.4 Å². The van der Waals surface area contributed by atoms with E-state index in [-0.39, 0.29) is 36.1 Å². The summed E-state index contributed by atoms with van der Waals surface area (Å²) >= 11 is 0. The molecule has 2 heterocycles. The van der Waals surface area contributed by atoms with Crippen LogP contribution in [0.4, 0.5) is 17.6 Å². The molecule has 0 saturated carbocycles. The van der Waals surface area contributed by atoms with Crippen LogP contribution in [0.1, 0.15) is 49.0 Å². The van der Waals surface area contributed by atoms with Gasteiger partial charge < -0.3 is 15.2 Å². The first-order chi connectivity index (χ1) is 13.9. The van der Waals surface area contributed by atoms with Gasteiger partial charge in [0, 0.05) is 19.5 Å². The van der Waals surface area contributed by atoms with Gasteiger partial charge >= 0.3 is 6.18 Å². The molecule has 0 aliphatic carbocycles. The third-order valence-electron chi connectivity index (χ3n) is 4.73. The highest BCUT2D eigenvalue weighted by Crippen LogP contribution is 2.32. The van der Waals surface area contributed by atoms with E-state index in [1.165, 1.54) is 0 Å². The van der Waals surface area contributed by atoms with Gasteiger partial charge in [-0.1, -0.05) is 12.5 Å². The van der Waals surface area contributed by atoms with Crippen LogP contribution in [0.3, 0.4) is 0 Å². The molecular formula is C19H25F4IN6. The molecule has 0 unspecified atom stereocenters. The molecule has 1 aliphatic heterocycles. The van der Waals surface area contributed by atoms with Crippen molar-refractivity contribution >= 4 is 29.9 Å². The van der Waals surface area contributed by atoms with Crippen LogP contribution >= 0.6 is 24.0 Å². The number of guanidine groups is 1. The Hall–Kier alpha value is -1.92. The largest absolute Gasteiger partial charge is 0.416 e. The molecule has 1 aromatic carbocycles. The zero-order valence-electron chi connectivity index (χ0n) is 16.6. The van der Waals surface area contributed by atoms with Gasteiger partial charge in [-0.3, -0.25) is 0 Å². The summed E-state index contributed by atoms with van der Waals surface area (Å²) in [5, 5.41) is 14.6. The monoisotopic (exact) mass is 540 g/mol. The summed E-state index contributed by atoms with van der Waals surface area (Å²) in [5.74, 6) is 1.16. The molecule has 3 rings (SSSR count). The maximum Gasteiger partial charge on any atom is 0.416 e. The lowest BCUT2D eigenvalue weighted by Gasteiger charge is -2.14. The zero-order valence-corrected chi connectivity index (χ0v) is 18.9. The molecule has 0 saturated heterocycles. The minimum Gasteiger partial charge on any atom is -0.357 e. The second-order valence-corrected chi connectivity index (χ2v) is 6.84. The van der Waals surface area contributed by atoms with Gasteiger partial charge in [-0.2, -0.15) is 13.2 Å². The second-order valence-electron chi connectivity index (χ2n) is 6.84. The van der Waals surface area contributed by atoms with E-state index in [0.717, 1.165) is 56.0 Å². The zero-order chi connectivity index (χ0) is 20.9. The van der Waals surface area contributed by atoms with Gasteiger partial charge in [0.2, 0.25) is 0 Å². The summed E-state index contributed by atoms with van der Waals surface area (Å²) in [6.45, 7) is 3.38. The quantitative estimate of drug-likeness (QED) is 0.260. The number of hydrogen-bond donors (Lipinski definition) is 2. The van der Waals surface area contributed by atoms with E-state index in [1.54, 1.807) is 0 Å². The Morgan fingerprint density at radius 3 is 2.70 bits per heavy atom. The predicted octanol–water partition coefficient (Wildman–Crippen LogP) is 4.04. The van der Waals surface area contributed by atoms with Crippen molar-refractivity contribution in [1.82, 2.24) is 25.4 Å². The molecule has 6 nitrogen and oxygen atoms in total. The number of nitrogens with zero attached hydrogens (tertiary/aromatic N) is 4. The Labute approximate surface area is 189 Å². The minimum atomic E-state index is -4.64. The van der Waals surface area contributed by atoms with Gasteiger partial charge in [-0.05, 0) is 37.5 Å². The lowest BCUT2D eigenvalue weighted by atomic mass is 10.1. The molecule has 2 N–H and O–H groups in total. The van der Waals surface area contributed by atoms with Crippen LogP contribution in [0.2, 0.25) is 0 Å². The van der Waals surface area contributed by atoms with Crippen molar-refractivity contribution < 1.29 is 17.6 Å². The molecule has 1 aliphatic rings. The number of halogens is 5. The summed E-state index contributed by atoms with van der Waals surface area (Å²) in [7, 11) is 0. The molecule has 11 heteroatoms. The number of hydrogen-bond acceptors (Lipinski definition) is 3. The molecular weight excluding hydrogens is 515 g/mol. The number of benzene rings is 1.